The van der Waals surface area contributed by atoms with Crippen LogP contribution in [0.4, 0.5) is 5.69 Å². The van der Waals surface area contributed by atoms with E-state index in [-0.39, 0.29) is 5.97 Å². The molecule has 2 aromatic rings. The molecule has 0 radical (unpaired) electrons. The van der Waals surface area contributed by atoms with E-state index in [1.807, 2.05) is 62.4 Å². The van der Waals surface area contributed by atoms with Crippen molar-refractivity contribution in [1.29, 1.82) is 0 Å². The molecule has 2 aromatic carbocycles. The number of rotatable bonds is 5. The number of thiocarbonyl (C=S) groups is 1. The number of fused-ring (bicyclic) bond motifs is 1. The van der Waals surface area contributed by atoms with Crippen molar-refractivity contribution >= 4 is 62.7 Å². The van der Waals surface area contributed by atoms with E-state index in [4.69, 9.17) is 21.7 Å². The van der Waals surface area contributed by atoms with E-state index in [9.17, 15) is 4.79 Å². The molecular formula is C25H25NO3S3. The van der Waals surface area contributed by atoms with Crippen molar-refractivity contribution in [3.8, 4) is 5.75 Å². The molecule has 0 aromatic heterocycles. The molecule has 4 nitrogen and oxygen atoms in total. The zero-order chi connectivity index (χ0) is 22.9. The maximum atomic E-state index is 12.8. The molecule has 32 heavy (non-hydrogen) atoms. The molecule has 2 aliphatic heterocycles. The van der Waals surface area contributed by atoms with Crippen molar-refractivity contribution in [2.75, 3.05) is 18.5 Å². The Morgan fingerprint density at radius 1 is 1.06 bits per heavy atom. The minimum Gasteiger partial charge on any atom is -0.494 e. The summed E-state index contributed by atoms with van der Waals surface area (Å²) in [6.07, 6.45) is 0. The van der Waals surface area contributed by atoms with Gasteiger partial charge in [0.1, 0.15) is 10.7 Å². The van der Waals surface area contributed by atoms with Gasteiger partial charge in [0.05, 0.1) is 23.0 Å². The zero-order valence-electron chi connectivity index (χ0n) is 18.5. The summed E-state index contributed by atoms with van der Waals surface area (Å²) in [6.45, 7) is 8.87. The highest BCUT2D eigenvalue weighted by atomic mass is 32.2. The van der Waals surface area contributed by atoms with Crippen molar-refractivity contribution in [1.82, 2.24) is 0 Å². The summed E-state index contributed by atoms with van der Waals surface area (Å²) in [7, 11) is 0. The van der Waals surface area contributed by atoms with Crippen molar-refractivity contribution in [3.63, 3.8) is 0 Å². The van der Waals surface area contributed by atoms with Crippen LogP contribution in [0.5, 0.6) is 5.75 Å². The molecule has 2 aliphatic rings. The summed E-state index contributed by atoms with van der Waals surface area (Å²) in [5.74, 6) is 0.491. The Balaban J connectivity index is 1.87. The van der Waals surface area contributed by atoms with Crippen molar-refractivity contribution in [3.05, 3.63) is 68.8 Å². The highest BCUT2D eigenvalue weighted by Gasteiger charge is 2.39. The maximum absolute atomic E-state index is 12.8. The van der Waals surface area contributed by atoms with Gasteiger partial charge in [-0.3, -0.25) is 0 Å². The minimum atomic E-state index is -0.404. The lowest BCUT2D eigenvalue weighted by Crippen LogP contribution is -2.43. The monoisotopic (exact) mass is 483 g/mol. The van der Waals surface area contributed by atoms with E-state index in [0.29, 0.717) is 18.1 Å². The van der Waals surface area contributed by atoms with E-state index in [0.717, 1.165) is 42.1 Å². The Labute approximate surface area is 202 Å². The molecule has 4 rings (SSSR count). The van der Waals surface area contributed by atoms with Crippen LogP contribution in [0.15, 0.2) is 57.7 Å². The third-order valence-corrected chi connectivity index (χ3v) is 8.45. The molecular weight excluding hydrogens is 458 g/mol. The van der Waals surface area contributed by atoms with Crippen LogP contribution in [0.2, 0.25) is 0 Å². The minimum absolute atomic E-state index is 0.304. The standard InChI is InChI=1S/C25H25NO3S3/c1-5-28-16-12-13-18-17(14-16)19(22(30)25(3,4)26-18)24-31-20(15-10-8-7-9-11-15)21(32-24)23(27)29-6-2/h7-14,26H,5-6H2,1-4H3/b24-19+. The molecule has 0 unspecified atom stereocenters. The van der Waals surface area contributed by atoms with Gasteiger partial charge in [-0.1, -0.05) is 66.1 Å². The molecule has 0 saturated carbocycles. The zero-order valence-corrected chi connectivity index (χ0v) is 20.9. The second kappa shape index (κ2) is 9.33. The first-order valence-electron chi connectivity index (χ1n) is 10.5. The third kappa shape index (κ3) is 4.34. The molecule has 1 N–H and O–H groups in total. The van der Waals surface area contributed by atoms with E-state index < -0.39 is 5.54 Å². The van der Waals surface area contributed by atoms with Gasteiger partial charge in [0.25, 0.3) is 0 Å². The lowest BCUT2D eigenvalue weighted by atomic mass is 9.85. The fourth-order valence-corrected chi connectivity index (χ4v) is 6.73. The molecule has 7 heteroatoms. The first-order chi connectivity index (χ1) is 15.4. The predicted octanol–water partition coefficient (Wildman–Crippen LogP) is 6.74. The number of carbonyl (C=O) groups is 1. The quantitative estimate of drug-likeness (QED) is 0.287. The molecule has 2 heterocycles. The van der Waals surface area contributed by atoms with Gasteiger partial charge < -0.3 is 14.8 Å². The predicted molar refractivity (Wildman–Crippen MR) is 140 cm³/mol. The number of ether oxygens (including phenoxy) is 2. The molecule has 0 fully saturated rings. The van der Waals surface area contributed by atoms with E-state index in [2.05, 4.69) is 19.2 Å². The lowest BCUT2D eigenvalue weighted by molar-refractivity contribution is -0.137. The number of carbonyl (C=O) groups excluding carboxylic acids is 1. The Morgan fingerprint density at radius 2 is 1.81 bits per heavy atom. The van der Waals surface area contributed by atoms with Crippen LogP contribution in [0.1, 0.15) is 38.8 Å². The average molecular weight is 484 g/mol. The molecule has 0 saturated heterocycles. The molecule has 0 bridgehead atoms. The van der Waals surface area contributed by atoms with Crippen LogP contribution in [0.25, 0.3) is 10.5 Å². The smallest absolute Gasteiger partial charge is 0.346 e. The third-order valence-electron chi connectivity index (χ3n) is 5.11. The van der Waals surface area contributed by atoms with E-state index in [1.54, 1.807) is 11.8 Å². The highest BCUT2D eigenvalue weighted by molar-refractivity contribution is 8.32. The first kappa shape index (κ1) is 23.0. The average Bonchev–Trinajstić information content (AvgIpc) is 3.21. The lowest BCUT2D eigenvalue weighted by Gasteiger charge is -2.37. The second-order valence-corrected chi connectivity index (χ2v) is 10.5. The number of hydrogen-bond acceptors (Lipinski definition) is 7. The molecule has 0 aliphatic carbocycles. The maximum Gasteiger partial charge on any atom is 0.346 e. The SMILES string of the molecule is CCOC(=O)C1=C(c2ccccc2)S/C(=C2\C(=S)C(C)(C)Nc3ccc(OCC)cc32)S1. The van der Waals surface area contributed by atoms with Gasteiger partial charge in [-0.2, -0.15) is 0 Å². The van der Waals surface area contributed by atoms with Crippen LogP contribution in [-0.4, -0.2) is 29.6 Å². The van der Waals surface area contributed by atoms with Gasteiger partial charge in [0.2, 0.25) is 0 Å². The Morgan fingerprint density at radius 3 is 2.50 bits per heavy atom. The molecule has 166 valence electrons. The van der Waals surface area contributed by atoms with Gasteiger partial charge in [-0.15, -0.1) is 0 Å². The second-order valence-electron chi connectivity index (χ2n) is 7.83. The highest BCUT2D eigenvalue weighted by Crippen LogP contribution is 2.58. The number of benzene rings is 2. The van der Waals surface area contributed by atoms with Crippen LogP contribution in [0, 0.1) is 0 Å². The van der Waals surface area contributed by atoms with Gasteiger partial charge >= 0.3 is 5.97 Å². The van der Waals surface area contributed by atoms with Gasteiger partial charge in [-0.25, -0.2) is 4.79 Å². The Kier molecular flexibility index (Phi) is 6.70. The summed E-state index contributed by atoms with van der Waals surface area (Å²) < 4.78 is 12.1. The van der Waals surface area contributed by atoms with E-state index >= 15 is 0 Å². The Hall–Kier alpha value is -2.22. The summed E-state index contributed by atoms with van der Waals surface area (Å²) in [4.78, 5) is 15.2. The number of nitrogens with one attached hydrogen (secondary N) is 1. The van der Waals surface area contributed by atoms with Gasteiger partial charge in [-0.05, 0) is 51.5 Å². The molecule has 0 atom stereocenters. The largest absolute Gasteiger partial charge is 0.494 e. The molecule has 0 amide bonds. The summed E-state index contributed by atoms with van der Waals surface area (Å²) in [5, 5.41) is 3.55. The van der Waals surface area contributed by atoms with Crippen LogP contribution in [0.3, 0.4) is 0 Å². The number of esters is 1. The first-order valence-corrected chi connectivity index (χ1v) is 12.6. The number of thioether (sulfide) groups is 2. The van der Waals surface area contributed by atoms with Gasteiger partial charge in [0.15, 0.2) is 0 Å². The topological polar surface area (TPSA) is 47.6 Å². The van der Waals surface area contributed by atoms with Crippen LogP contribution in [-0.2, 0) is 9.53 Å². The number of anilines is 1. The summed E-state index contributed by atoms with van der Waals surface area (Å²) >= 11 is 9.00. The Bertz CT molecular complexity index is 1140. The van der Waals surface area contributed by atoms with Crippen molar-refractivity contribution in [2.24, 2.45) is 0 Å². The van der Waals surface area contributed by atoms with E-state index in [1.165, 1.54) is 11.8 Å². The summed E-state index contributed by atoms with van der Waals surface area (Å²) in [6, 6.07) is 16.0. The molecule has 0 spiro atoms. The number of hydrogen-bond donors (Lipinski definition) is 1. The summed E-state index contributed by atoms with van der Waals surface area (Å²) in [5.41, 5.74) is 3.56. The van der Waals surface area contributed by atoms with Crippen molar-refractivity contribution < 1.29 is 14.3 Å². The van der Waals surface area contributed by atoms with Crippen LogP contribution < -0.4 is 10.1 Å². The van der Waals surface area contributed by atoms with Crippen molar-refractivity contribution in [2.45, 2.75) is 33.2 Å². The van der Waals surface area contributed by atoms with Crippen LogP contribution >= 0.6 is 35.7 Å². The van der Waals surface area contributed by atoms with Gasteiger partial charge in [0, 0.05) is 26.6 Å². The normalized spacial score (nSPS) is 19.4. The fourth-order valence-electron chi connectivity index (χ4n) is 3.64. The fraction of sp³-hybridized carbons (Fsp3) is 0.280.